The van der Waals surface area contributed by atoms with Crippen molar-refractivity contribution in [2.45, 2.75) is 70.1 Å². The van der Waals surface area contributed by atoms with E-state index in [2.05, 4.69) is 0 Å². The molecule has 0 aliphatic heterocycles. The molecule has 0 rings (SSSR count). The molecular formula is C14H25NO7. The molecule has 0 amide bonds. The predicted octanol–water partition coefficient (Wildman–Crippen LogP) is 0.506. The highest BCUT2D eigenvalue weighted by Crippen LogP contribution is 2.17. The zero-order valence-corrected chi connectivity index (χ0v) is 13.2. The van der Waals surface area contributed by atoms with Crippen molar-refractivity contribution in [1.82, 2.24) is 0 Å². The number of aliphatic hydroxyl groups is 1. The summed E-state index contributed by atoms with van der Waals surface area (Å²) in [7, 11) is 0. The number of esters is 1. The highest BCUT2D eigenvalue weighted by molar-refractivity contribution is 6.02. The van der Waals surface area contributed by atoms with Crippen LogP contribution in [0.25, 0.3) is 0 Å². The number of unbranched alkanes of at least 4 members (excludes halogenated alkanes) is 2. The third-order valence-corrected chi connectivity index (χ3v) is 3.00. The number of carboxylic acids is 2. The van der Waals surface area contributed by atoms with Crippen molar-refractivity contribution in [3.05, 3.63) is 0 Å². The smallest absolute Gasteiger partial charge is 0.349 e. The van der Waals surface area contributed by atoms with Crippen molar-refractivity contribution in [1.29, 1.82) is 0 Å². The van der Waals surface area contributed by atoms with Crippen LogP contribution in [0.15, 0.2) is 0 Å². The Morgan fingerprint density at radius 2 is 1.55 bits per heavy atom. The standard InChI is InChI=1S/C14H25NO7/c1-13(2,3)22-10(16)8-6-4-5-7-9(15)14(21,11(17)18)12(19)20/h9,21H,4-8,15H2,1-3H3,(H,17,18)(H,19,20). The zero-order chi connectivity index (χ0) is 17.6. The predicted molar refractivity (Wildman–Crippen MR) is 77.1 cm³/mol. The summed E-state index contributed by atoms with van der Waals surface area (Å²) < 4.78 is 5.12. The van der Waals surface area contributed by atoms with Crippen LogP contribution in [0.1, 0.15) is 52.9 Å². The van der Waals surface area contributed by atoms with Gasteiger partial charge in [0.1, 0.15) is 5.60 Å². The van der Waals surface area contributed by atoms with Gasteiger partial charge in [-0.15, -0.1) is 0 Å². The van der Waals surface area contributed by atoms with Crippen molar-refractivity contribution in [3.63, 3.8) is 0 Å². The van der Waals surface area contributed by atoms with Gasteiger partial charge in [0.15, 0.2) is 0 Å². The molecule has 8 nitrogen and oxygen atoms in total. The van der Waals surface area contributed by atoms with E-state index in [9.17, 15) is 19.5 Å². The molecule has 0 spiro atoms. The van der Waals surface area contributed by atoms with E-state index < -0.39 is 29.2 Å². The van der Waals surface area contributed by atoms with E-state index in [4.69, 9.17) is 20.7 Å². The number of nitrogens with two attached hydrogens (primary N) is 1. The molecule has 0 aromatic heterocycles. The van der Waals surface area contributed by atoms with Gasteiger partial charge in [0.2, 0.25) is 0 Å². The maximum absolute atomic E-state index is 11.5. The van der Waals surface area contributed by atoms with Crippen LogP contribution in [-0.2, 0) is 19.1 Å². The molecule has 0 fully saturated rings. The minimum Gasteiger partial charge on any atom is -0.479 e. The second-order valence-corrected chi connectivity index (χ2v) is 6.17. The molecule has 0 aliphatic carbocycles. The molecule has 0 aromatic carbocycles. The number of carbonyl (C=O) groups is 3. The summed E-state index contributed by atoms with van der Waals surface area (Å²) in [5.41, 5.74) is 1.94. The molecule has 0 aliphatic rings. The van der Waals surface area contributed by atoms with E-state index in [0.29, 0.717) is 19.3 Å². The summed E-state index contributed by atoms with van der Waals surface area (Å²) in [5, 5.41) is 27.2. The molecule has 0 aromatic rings. The van der Waals surface area contributed by atoms with Crippen LogP contribution >= 0.6 is 0 Å². The topological polar surface area (TPSA) is 147 Å². The first-order chi connectivity index (χ1) is 9.91. The molecule has 0 bridgehead atoms. The molecule has 1 atom stereocenters. The van der Waals surface area contributed by atoms with Crippen LogP contribution in [0.2, 0.25) is 0 Å². The Morgan fingerprint density at radius 3 is 1.95 bits per heavy atom. The lowest BCUT2D eigenvalue weighted by molar-refractivity contribution is -0.178. The van der Waals surface area contributed by atoms with Crippen molar-refractivity contribution < 1.29 is 34.4 Å². The Kier molecular flexibility index (Phi) is 7.48. The zero-order valence-electron chi connectivity index (χ0n) is 13.2. The van der Waals surface area contributed by atoms with Crippen LogP contribution < -0.4 is 5.73 Å². The number of carboxylic acid groups (broad SMARTS) is 2. The van der Waals surface area contributed by atoms with Crippen molar-refractivity contribution >= 4 is 17.9 Å². The first-order valence-corrected chi connectivity index (χ1v) is 7.08. The maximum atomic E-state index is 11.5. The van der Waals surface area contributed by atoms with E-state index in [0.717, 1.165) is 0 Å². The van der Waals surface area contributed by atoms with Gasteiger partial charge in [0, 0.05) is 6.42 Å². The number of carbonyl (C=O) groups excluding carboxylic acids is 1. The van der Waals surface area contributed by atoms with Gasteiger partial charge < -0.3 is 25.8 Å². The molecule has 22 heavy (non-hydrogen) atoms. The number of hydrogen-bond acceptors (Lipinski definition) is 6. The third-order valence-electron chi connectivity index (χ3n) is 3.00. The van der Waals surface area contributed by atoms with Crippen molar-refractivity contribution in [2.75, 3.05) is 0 Å². The van der Waals surface area contributed by atoms with Crippen LogP contribution in [-0.4, -0.2) is 50.5 Å². The molecule has 0 saturated carbocycles. The summed E-state index contributed by atoms with van der Waals surface area (Å²) in [6, 6.07) is -1.43. The lowest BCUT2D eigenvalue weighted by Gasteiger charge is -2.25. The molecule has 5 N–H and O–H groups in total. The number of ether oxygens (including phenoxy) is 1. The fourth-order valence-electron chi connectivity index (χ4n) is 1.82. The Balaban J connectivity index is 4.14. The lowest BCUT2D eigenvalue weighted by Crippen LogP contribution is -2.59. The molecule has 0 saturated heterocycles. The molecule has 128 valence electrons. The Labute approximate surface area is 129 Å². The largest absolute Gasteiger partial charge is 0.479 e. The maximum Gasteiger partial charge on any atom is 0.349 e. The summed E-state index contributed by atoms with van der Waals surface area (Å²) in [6.07, 6.45) is 1.69. The minimum absolute atomic E-state index is 0.0173. The van der Waals surface area contributed by atoms with Crippen molar-refractivity contribution in [3.8, 4) is 0 Å². The molecule has 1 unspecified atom stereocenters. The van der Waals surface area contributed by atoms with Crippen LogP contribution in [0.3, 0.4) is 0 Å². The van der Waals surface area contributed by atoms with Crippen LogP contribution in [0.5, 0.6) is 0 Å². The first kappa shape index (κ1) is 20.3. The first-order valence-electron chi connectivity index (χ1n) is 7.08. The van der Waals surface area contributed by atoms with Gasteiger partial charge in [0.25, 0.3) is 5.60 Å². The van der Waals surface area contributed by atoms with E-state index >= 15 is 0 Å². The van der Waals surface area contributed by atoms with Gasteiger partial charge in [-0.1, -0.05) is 12.8 Å². The summed E-state index contributed by atoms with van der Waals surface area (Å²) >= 11 is 0. The van der Waals surface area contributed by atoms with Gasteiger partial charge in [-0.05, 0) is 33.6 Å². The average Bonchev–Trinajstić information content (AvgIpc) is 2.34. The number of rotatable bonds is 9. The highest BCUT2D eigenvalue weighted by Gasteiger charge is 2.49. The normalized spacial score (nSPS) is 13.5. The second-order valence-electron chi connectivity index (χ2n) is 6.17. The number of aliphatic carboxylic acids is 2. The lowest BCUT2D eigenvalue weighted by atomic mass is 9.90. The Hall–Kier alpha value is -1.67. The average molecular weight is 319 g/mol. The summed E-state index contributed by atoms with van der Waals surface area (Å²) in [4.78, 5) is 33.1. The van der Waals surface area contributed by atoms with E-state index in [-0.39, 0.29) is 18.8 Å². The Bertz CT molecular complexity index is 400. The van der Waals surface area contributed by atoms with Gasteiger partial charge in [-0.2, -0.15) is 0 Å². The van der Waals surface area contributed by atoms with Crippen LogP contribution in [0, 0.1) is 0 Å². The Morgan fingerprint density at radius 1 is 1.05 bits per heavy atom. The second kappa shape index (κ2) is 8.09. The van der Waals surface area contributed by atoms with Gasteiger partial charge in [-0.25, -0.2) is 9.59 Å². The van der Waals surface area contributed by atoms with E-state index in [1.54, 1.807) is 20.8 Å². The SMILES string of the molecule is CC(C)(C)OC(=O)CCCCCC(N)C(O)(C(=O)O)C(=O)O. The quantitative estimate of drug-likeness (QED) is 0.273. The van der Waals surface area contributed by atoms with Gasteiger partial charge in [-0.3, -0.25) is 4.79 Å². The van der Waals surface area contributed by atoms with Gasteiger partial charge >= 0.3 is 17.9 Å². The molecule has 0 radical (unpaired) electrons. The molecule has 8 heteroatoms. The minimum atomic E-state index is -2.99. The van der Waals surface area contributed by atoms with E-state index in [1.165, 1.54) is 0 Å². The van der Waals surface area contributed by atoms with E-state index in [1.807, 2.05) is 0 Å². The number of hydrogen-bond donors (Lipinski definition) is 4. The van der Waals surface area contributed by atoms with Crippen molar-refractivity contribution in [2.24, 2.45) is 5.73 Å². The molecule has 0 heterocycles. The fourth-order valence-corrected chi connectivity index (χ4v) is 1.82. The third kappa shape index (κ3) is 6.40. The monoisotopic (exact) mass is 319 g/mol. The fraction of sp³-hybridized carbons (Fsp3) is 0.786. The molecular weight excluding hydrogens is 294 g/mol. The summed E-state index contributed by atoms with van der Waals surface area (Å²) in [5.74, 6) is -4.10. The van der Waals surface area contributed by atoms with Crippen LogP contribution in [0.4, 0.5) is 0 Å². The highest BCUT2D eigenvalue weighted by atomic mass is 16.6. The van der Waals surface area contributed by atoms with Gasteiger partial charge in [0.05, 0.1) is 6.04 Å². The summed E-state index contributed by atoms with van der Waals surface area (Å²) in [6.45, 7) is 5.30.